The maximum absolute atomic E-state index is 11.9. The number of rotatable bonds is 4. The highest BCUT2D eigenvalue weighted by atomic mass is 35.5. The lowest BCUT2D eigenvalue weighted by molar-refractivity contribution is -0.756. The highest BCUT2D eigenvalue weighted by Crippen LogP contribution is 2.41. The Hall–Kier alpha value is -2.13. The topological polar surface area (TPSA) is 36.8 Å². The molecule has 1 heterocycles. The van der Waals surface area contributed by atoms with Gasteiger partial charge in [0, 0.05) is 34.9 Å². The third-order valence-corrected chi connectivity index (χ3v) is 6.63. The number of nitrogens with two attached hydrogens (primary N) is 1. The molecule has 4 rings (SSSR count). The Labute approximate surface area is 172 Å². The van der Waals surface area contributed by atoms with Gasteiger partial charge in [0.15, 0.2) is 0 Å². The zero-order chi connectivity index (χ0) is 19.6. The number of hydrogen-bond donors (Lipinski definition) is 2. The van der Waals surface area contributed by atoms with E-state index in [9.17, 15) is 5.11 Å². The third kappa shape index (κ3) is 3.86. The normalized spacial score (nSPS) is 27.5. The van der Waals surface area contributed by atoms with Gasteiger partial charge in [0.2, 0.25) is 0 Å². The minimum Gasteiger partial charge on any atom is -0.389 e. The van der Waals surface area contributed by atoms with Gasteiger partial charge in [-0.05, 0) is 11.6 Å². The van der Waals surface area contributed by atoms with E-state index in [2.05, 4.69) is 60.8 Å². The molecule has 28 heavy (non-hydrogen) atoms. The lowest BCUT2D eigenvalue weighted by atomic mass is 9.69. The number of halogens is 1. The Balaban J connectivity index is 1.72. The number of piperidine rings is 1. The molecule has 0 saturated carbocycles. The van der Waals surface area contributed by atoms with Gasteiger partial charge in [-0.15, -0.1) is 0 Å². The van der Waals surface area contributed by atoms with Crippen molar-refractivity contribution in [2.45, 2.75) is 37.5 Å². The molecule has 3 heteroatoms. The summed E-state index contributed by atoms with van der Waals surface area (Å²) in [6.07, 6.45) is 1.26. The van der Waals surface area contributed by atoms with Gasteiger partial charge in [0.05, 0.1) is 5.60 Å². The van der Waals surface area contributed by atoms with E-state index in [0.29, 0.717) is 12.8 Å². The number of benzene rings is 3. The number of aliphatic hydroxyl groups is 1. The van der Waals surface area contributed by atoms with Crippen LogP contribution in [0.25, 0.3) is 0 Å². The van der Waals surface area contributed by atoms with Gasteiger partial charge >= 0.3 is 0 Å². The van der Waals surface area contributed by atoms with Gasteiger partial charge < -0.3 is 10.4 Å². The van der Waals surface area contributed by atoms with Crippen LogP contribution in [0.3, 0.4) is 0 Å². The Bertz CT molecular complexity index is 914. The fourth-order valence-corrected chi connectivity index (χ4v) is 4.80. The van der Waals surface area contributed by atoms with Crippen LogP contribution in [0.2, 0.25) is 5.02 Å². The van der Waals surface area contributed by atoms with Gasteiger partial charge in [0.1, 0.15) is 12.1 Å². The Morgan fingerprint density at radius 1 is 0.893 bits per heavy atom. The van der Waals surface area contributed by atoms with Crippen molar-refractivity contribution in [3.63, 3.8) is 0 Å². The lowest BCUT2D eigenvalue weighted by Gasteiger charge is -2.45. The van der Waals surface area contributed by atoms with E-state index in [1.54, 1.807) is 0 Å². The Kier molecular flexibility index (Phi) is 5.54. The minimum absolute atomic E-state index is 0.0890. The highest BCUT2D eigenvalue weighted by Gasteiger charge is 2.49. The van der Waals surface area contributed by atoms with Crippen molar-refractivity contribution in [3.05, 3.63) is 107 Å². The third-order valence-electron chi connectivity index (χ3n) is 6.27. The zero-order valence-corrected chi connectivity index (χ0v) is 16.9. The van der Waals surface area contributed by atoms with Crippen LogP contribution in [-0.4, -0.2) is 10.7 Å². The van der Waals surface area contributed by atoms with Crippen molar-refractivity contribution in [3.8, 4) is 0 Å². The summed E-state index contributed by atoms with van der Waals surface area (Å²) >= 11 is 6.44. The Morgan fingerprint density at radius 2 is 1.46 bits per heavy atom. The van der Waals surface area contributed by atoms with Crippen molar-refractivity contribution in [1.29, 1.82) is 0 Å². The molecule has 0 radical (unpaired) electrons. The minimum atomic E-state index is -0.833. The van der Waals surface area contributed by atoms with E-state index in [1.165, 1.54) is 11.1 Å². The molecule has 0 unspecified atom stereocenters. The molecule has 0 aromatic heterocycles. The summed E-state index contributed by atoms with van der Waals surface area (Å²) in [6, 6.07) is 29.3. The van der Waals surface area contributed by atoms with E-state index >= 15 is 0 Å². The van der Waals surface area contributed by atoms with Gasteiger partial charge in [-0.1, -0.05) is 97.4 Å². The van der Waals surface area contributed by atoms with Crippen LogP contribution in [0.15, 0.2) is 84.9 Å². The van der Waals surface area contributed by atoms with Crippen molar-refractivity contribution in [1.82, 2.24) is 0 Å². The van der Waals surface area contributed by atoms with Crippen molar-refractivity contribution in [2.75, 3.05) is 0 Å². The van der Waals surface area contributed by atoms with Crippen LogP contribution in [0, 0.1) is 5.92 Å². The molecule has 3 aromatic carbocycles. The van der Waals surface area contributed by atoms with E-state index in [-0.39, 0.29) is 18.0 Å². The summed E-state index contributed by atoms with van der Waals surface area (Å²) in [5, 5.41) is 15.1. The van der Waals surface area contributed by atoms with Crippen LogP contribution in [0.4, 0.5) is 0 Å². The average molecular weight is 393 g/mol. The first-order valence-electron chi connectivity index (χ1n) is 9.97. The lowest BCUT2D eigenvalue weighted by Crippen LogP contribution is -2.91. The fraction of sp³-hybridized carbons (Fsp3) is 0.280. The van der Waals surface area contributed by atoms with Crippen molar-refractivity contribution in [2.24, 2.45) is 5.92 Å². The predicted molar refractivity (Wildman–Crippen MR) is 114 cm³/mol. The first kappa shape index (κ1) is 19.2. The summed E-state index contributed by atoms with van der Waals surface area (Å²) in [4.78, 5) is 0. The summed E-state index contributed by atoms with van der Waals surface area (Å²) in [6.45, 7) is 2.17. The molecule has 3 N–H and O–H groups in total. The van der Waals surface area contributed by atoms with Crippen molar-refractivity contribution >= 4 is 11.6 Å². The maximum atomic E-state index is 11.9. The van der Waals surface area contributed by atoms with Gasteiger partial charge in [-0.2, -0.15) is 0 Å². The van der Waals surface area contributed by atoms with Gasteiger partial charge in [-0.3, -0.25) is 0 Å². The van der Waals surface area contributed by atoms with E-state index in [1.807, 2.05) is 36.4 Å². The molecule has 4 atom stereocenters. The van der Waals surface area contributed by atoms with E-state index in [4.69, 9.17) is 11.6 Å². The summed E-state index contributed by atoms with van der Waals surface area (Å²) < 4.78 is 0. The molecule has 1 saturated heterocycles. The van der Waals surface area contributed by atoms with E-state index in [0.717, 1.165) is 10.6 Å². The molecule has 1 aliphatic heterocycles. The molecular weight excluding hydrogens is 366 g/mol. The molecule has 0 amide bonds. The molecule has 1 aliphatic rings. The molecular formula is C25H27ClNO+. The molecule has 0 aliphatic carbocycles. The second-order valence-electron chi connectivity index (χ2n) is 8.01. The SMILES string of the molecule is C[C@@H]1[C@@H](c2ccccc2)[NH2+][C@H](c2ccccc2)C[C@]1(O)Cc1ccccc1Cl. The van der Waals surface area contributed by atoms with Gasteiger partial charge in [0.25, 0.3) is 0 Å². The van der Waals surface area contributed by atoms with Crippen LogP contribution in [0.5, 0.6) is 0 Å². The van der Waals surface area contributed by atoms with E-state index < -0.39 is 5.60 Å². The smallest absolute Gasteiger partial charge is 0.117 e. The van der Waals surface area contributed by atoms with Crippen LogP contribution in [0.1, 0.15) is 42.1 Å². The molecule has 3 aromatic rings. The van der Waals surface area contributed by atoms with Crippen molar-refractivity contribution < 1.29 is 10.4 Å². The van der Waals surface area contributed by atoms with Gasteiger partial charge in [-0.25, -0.2) is 0 Å². The summed E-state index contributed by atoms with van der Waals surface area (Å²) in [5.74, 6) is 0.0890. The highest BCUT2D eigenvalue weighted by molar-refractivity contribution is 6.31. The molecule has 0 bridgehead atoms. The second kappa shape index (κ2) is 8.08. The number of hydrogen-bond acceptors (Lipinski definition) is 1. The fourth-order valence-electron chi connectivity index (χ4n) is 4.59. The van der Waals surface area contributed by atoms with Crippen LogP contribution in [-0.2, 0) is 6.42 Å². The zero-order valence-electron chi connectivity index (χ0n) is 16.1. The molecule has 144 valence electrons. The standard InChI is InChI=1S/C25H26ClNO/c1-18-24(20-12-6-3-7-13-20)27-23(19-10-4-2-5-11-19)17-25(18,28)16-21-14-8-9-15-22(21)26/h2-15,18,23-24,27-28H,16-17H2,1H3/p+1/t18-,23+,24+,25-/m1/s1. The number of quaternary nitrogens is 1. The average Bonchev–Trinajstić information content (AvgIpc) is 2.73. The second-order valence-corrected chi connectivity index (χ2v) is 8.42. The molecule has 1 fully saturated rings. The Morgan fingerprint density at radius 3 is 2.11 bits per heavy atom. The molecule has 2 nitrogen and oxygen atoms in total. The monoisotopic (exact) mass is 392 g/mol. The predicted octanol–water partition coefficient (Wildman–Crippen LogP) is 4.70. The summed E-state index contributed by atoms with van der Waals surface area (Å²) in [7, 11) is 0. The summed E-state index contributed by atoms with van der Waals surface area (Å²) in [5.41, 5.74) is 2.70. The quantitative estimate of drug-likeness (QED) is 0.663. The van der Waals surface area contributed by atoms with Crippen LogP contribution < -0.4 is 5.32 Å². The largest absolute Gasteiger partial charge is 0.389 e. The maximum Gasteiger partial charge on any atom is 0.117 e. The first-order valence-corrected chi connectivity index (χ1v) is 10.4. The van der Waals surface area contributed by atoms with Crippen LogP contribution >= 0.6 is 11.6 Å². The molecule has 0 spiro atoms. The first-order chi connectivity index (χ1) is 13.6.